The van der Waals surface area contributed by atoms with E-state index in [-0.39, 0.29) is 0 Å². The molecule has 2 aromatic rings. The van der Waals surface area contributed by atoms with Gasteiger partial charge >= 0.3 is 0 Å². The zero-order chi connectivity index (χ0) is 12.3. The second kappa shape index (κ2) is 4.99. The number of rotatable bonds is 4. The Labute approximate surface area is 101 Å². The number of nitrogens with zero attached hydrogens (tertiary/aromatic N) is 3. The molecule has 4 heteroatoms. The summed E-state index contributed by atoms with van der Waals surface area (Å²) >= 11 is 0. The van der Waals surface area contributed by atoms with E-state index in [9.17, 15) is 0 Å². The van der Waals surface area contributed by atoms with Gasteiger partial charge in [0.1, 0.15) is 5.82 Å². The topological polar surface area (TPSA) is 56.7 Å². The number of hydrogen-bond donors (Lipinski definition) is 1. The van der Waals surface area contributed by atoms with Crippen LogP contribution in [0.25, 0.3) is 0 Å². The largest absolute Gasteiger partial charge is 0.398 e. The number of nitrogen functional groups attached to an aromatic ring is 1. The lowest BCUT2D eigenvalue weighted by molar-refractivity contribution is 0.638. The van der Waals surface area contributed by atoms with E-state index in [1.165, 1.54) is 0 Å². The minimum absolute atomic E-state index is 0.697. The molecule has 1 aromatic carbocycles. The minimum Gasteiger partial charge on any atom is -0.398 e. The molecule has 2 rings (SSSR count). The van der Waals surface area contributed by atoms with E-state index < -0.39 is 0 Å². The average molecular weight is 230 g/mol. The number of benzene rings is 1. The molecule has 0 aliphatic rings. The van der Waals surface area contributed by atoms with Crippen LogP contribution in [-0.2, 0) is 19.4 Å². The van der Waals surface area contributed by atoms with Crippen LogP contribution in [0.15, 0.2) is 24.3 Å². The molecular weight excluding hydrogens is 212 g/mol. The highest BCUT2D eigenvalue weighted by atomic mass is 15.3. The number of aryl methyl sites for hydroxylation is 2. The maximum atomic E-state index is 5.94. The quantitative estimate of drug-likeness (QED) is 0.818. The molecule has 0 saturated heterocycles. The van der Waals surface area contributed by atoms with Crippen LogP contribution in [-0.4, -0.2) is 14.8 Å². The van der Waals surface area contributed by atoms with Crippen LogP contribution in [0.3, 0.4) is 0 Å². The fraction of sp³-hybridized carbons (Fsp3) is 0.385. The Morgan fingerprint density at radius 2 is 1.94 bits per heavy atom. The van der Waals surface area contributed by atoms with Gasteiger partial charge in [0.05, 0.1) is 6.54 Å². The lowest BCUT2D eigenvalue weighted by Crippen LogP contribution is -2.08. The van der Waals surface area contributed by atoms with Gasteiger partial charge in [-0.1, -0.05) is 32.0 Å². The predicted molar refractivity (Wildman–Crippen MR) is 68.7 cm³/mol. The van der Waals surface area contributed by atoms with E-state index in [0.29, 0.717) is 6.54 Å². The van der Waals surface area contributed by atoms with Gasteiger partial charge in [0.2, 0.25) is 0 Å². The van der Waals surface area contributed by atoms with Crippen LogP contribution in [0, 0.1) is 0 Å². The first-order valence-corrected chi connectivity index (χ1v) is 6.00. The zero-order valence-electron chi connectivity index (χ0n) is 10.3. The maximum absolute atomic E-state index is 5.94. The Morgan fingerprint density at radius 1 is 1.18 bits per heavy atom. The highest BCUT2D eigenvalue weighted by molar-refractivity contribution is 5.46. The second-order valence-corrected chi connectivity index (χ2v) is 4.01. The van der Waals surface area contributed by atoms with Gasteiger partial charge in [-0.2, -0.15) is 5.10 Å². The van der Waals surface area contributed by atoms with Gasteiger partial charge in [-0.3, -0.25) is 0 Å². The van der Waals surface area contributed by atoms with Gasteiger partial charge in [0.25, 0.3) is 0 Å². The highest BCUT2D eigenvalue weighted by Gasteiger charge is 2.08. The monoisotopic (exact) mass is 230 g/mol. The third-order valence-corrected chi connectivity index (χ3v) is 2.80. The fourth-order valence-electron chi connectivity index (χ4n) is 1.80. The molecule has 4 nitrogen and oxygen atoms in total. The molecule has 0 spiro atoms. The van der Waals surface area contributed by atoms with Crippen molar-refractivity contribution in [2.24, 2.45) is 0 Å². The van der Waals surface area contributed by atoms with Crippen LogP contribution < -0.4 is 5.73 Å². The van der Waals surface area contributed by atoms with E-state index in [1.54, 1.807) is 0 Å². The molecule has 1 aromatic heterocycles. The third-order valence-electron chi connectivity index (χ3n) is 2.80. The van der Waals surface area contributed by atoms with Crippen molar-refractivity contribution in [1.82, 2.24) is 14.8 Å². The van der Waals surface area contributed by atoms with Crippen molar-refractivity contribution in [1.29, 1.82) is 0 Å². The zero-order valence-corrected chi connectivity index (χ0v) is 10.3. The summed E-state index contributed by atoms with van der Waals surface area (Å²) in [5.74, 6) is 1.92. The summed E-state index contributed by atoms with van der Waals surface area (Å²) in [6, 6.07) is 7.88. The summed E-state index contributed by atoms with van der Waals surface area (Å²) in [5.41, 5.74) is 7.84. The Kier molecular flexibility index (Phi) is 3.42. The van der Waals surface area contributed by atoms with Gasteiger partial charge < -0.3 is 5.73 Å². The van der Waals surface area contributed by atoms with Gasteiger partial charge in [0.15, 0.2) is 5.82 Å². The van der Waals surface area contributed by atoms with E-state index in [2.05, 4.69) is 23.9 Å². The van der Waals surface area contributed by atoms with Crippen molar-refractivity contribution in [3.8, 4) is 0 Å². The first kappa shape index (κ1) is 11.6. The molecule has 0 saturated carbocycles. The molecule has 0 aliphatic heterocycles. The summed E-state index contributed by atoms with van der Waals surface area (Å²) < 4.78 is 1.95. The maximum Gasteiger partial charge on any atom is 0.150 e. The van der Waals surface area contributed by atoms with E-state index in [4.69, 9.17) is 5.73 Å². The van der Waals surface area contributed by atoms with Gasteiger partial charge in [0, 0.05) is 18.5 Å². The predicted octanol–water partition coefficient (Wildman–Crippen LogP) is 2.03. The standard InChI is InChI=1S/C13H18N4/c1-3-12-15-13(4-2)17(16-12)9-10-7-5-6-8-11(10)14/h5-8H,3-4,9,14H2,1-2H3. The molecule has 0 amide bonds. The molecule has 0 fully saturated rings. The molecular formula is C13H18N4. The van der Waals surface area contributed by atoms with Crippen LogP contribution in [0.5, 0.6) is 0 Å². The molecule has 0 atom stereocenters. The van der Waals surface area contributed by atoms with Gasteiger partial charge in [-0.25, -0.2) is 9.67 Å². The fourth-order valence-corrected chi connectivity index (χ4v) is 1.80. The Bertz CT molecular complexity index is 502. The smallest absolute Gasteiger partial charge is 0.150 e. The number of para-hydroxylation sites is 1. The number of aromatic nitrogens is 3. The van der Waals surface area contributed by atoms with Gasteiger partial charge in [-0.05, 0) is 11.6 Å². The van der Waals surface area contributed by atoms with E-state index >= 15 is 0 Å². The van der Waals surface area contributed by atoms with Crippen LogP contribution >= 0.6 is 0 Å². The summed E-state index contributed by atoms with van der Waals surface area (Å²) in [7, 11) is 0. The number of hydrogen-bond acceptors (Lipinski definition) is 3. The SMILES string of the molecule is CCc1nc(CC)n(Cc2ccccc2N)n1. The number of nitrogens with two attached hydrogens (primary N) is 1. The first-order chi connectivity index (χ1) is 8.24. The molecule has 0 bridgehead atoms. The summed E-state index contributed by atoms with van der Waals surface area (Å²) in [6.45, 7) is 4.85. The number of anilines is 1. The third kappa shape index (κ3) is 2.46. The minimum atomic E-state index is 0.697. The average Bonchev–Trinajstić information content (AvgIpc) is 2.74. The molecule has 17 heavy (non-hydrogen) atoms. The molecule has 90 valence electrons. The normalized spacial score (nSPS) is 10.7. The van der Waals surface area contributed by atoms with Crippen LogP contribution in [0.4, 0.5) is 5.69 Å². The Morgan fingerprint density at radius 3 is 2.59 bits per heavy atom. The Balaban J connectivity index is 2.29. The van der Waals surface area contributed by atoms with Gasteiger partial charge in [-0.15, -0.1) is 0 Å². The molecule has 1 heterocycles. The van der Waals surface area contributed by atoms with Crippen molar-refractivity contribution in [2.75, 3.05) is 5.73 Å². The molecule has 0 radical (unpaired) electrons. The van der Waals surface area contributed by atoms with Crippen molar-refractivity contribution in [3.63, 3.8) is 0 Å². The molecule has 0 aliphatic carbocycles. The van der Waals surface area contributed by atoms with Crippen molar-refractivity contribution in [2.45, 2.75) is 33.2 Å². The van der Waals surface area contributed by atoms with E-state index in [0.717, 1.165) is 35.7 Å². The highest BCUT2D eigenvalue weighted by Crippen LogP contribution is 2.13. The molecule has 0 unspecified atom stereocenters. The Hall–Kier alpha value is -1.84. The van der Waals surface area contributed by atoms with Crippen LogP contribution in [0.1, 0.15) is 31.1 Å². The van der Waals surface area contributed by atoms with Crippen molar-refractivity contribution in [3.05, 3.63) is 41.5 Å². The first-order valence-electron chi connectivity index (χ1n) is 6.00. The molecule has 2 N–H and O–H groups in total. The lowest BCUT2D eigenvalue weighted by Gasteiger charge is -2.07. The van der Waals surface area contributed by atoms with E-state index in [1.807, 2.05) is 28.9 Å². The van der Waals surface area contributed by atoms with Crippen LogP contribution in [0.2, 0.25) is 0 Å². The van der Waals surface area contributed by atoms with Crippen molar-refractivity contribution >= 4 is 5.69 Å². The lowest BCUT2D eigenvalue weighted by atomic mass is 10.2. The second-order valence-electron chi connectivity index (χ2n) is 4.01. The summed E-state index contributed by atoms with van der Waals surface area (Å²) in [6.07, 6.45) is 1.75. The summed E-state index contributed by atoms with van der Waals surface area (Å²) in [4.78, 5) is 4.48. The van der Waals surface area contributed by atoms with Crippen molar-refractivity contribution < 1.29 is 0 Å². The summed E-state index contributed by atoms with van der Waals surface area (Å²) in [5, 5.41) is 4.49.